The van der Waals surface area contributed by atoms with Crippen molar-refractivity contribution in [3.8, 4) is 0 Å². The lowest BCUT2D eigenvalue weighted by Gasteiger charge is -2.17. The molecule has 0 unspecified atom stereocenters. The lowest BCUT2D eigenvalue weighted by atomic mass is 10.1. The maximum Gasteiger partial charge on any atom is 0.213 e. The second kappa shape index (κ2) is 5.54. The lowest BCUT2D eigenvalue weighted by Crippen LogP contribution is -2.27. The summed E-state index contributed by atoms with van der Waals surface area (Å²) in [5, 5.41) is 4.04. The molecule has 1 atom stereocenters. The molecule has 1 radical (unpaired) electrons. The van der Waals surface area contributed by atoms with Crippen LogP contribution < -0.4 is 5.32 Å². The van der Waals surface area contributed by atoms with Crippen molar-refractivity contribution < 1.29 is 9.18 Å². The van der Waals surface area contributed by atoms with Crippen molar-refractivity contribution in [3.05, 3.63) is 36.3 Å². The average Bonchev–Trinajstić information content (AvgIpc) is 2.90. The van der Waals surface area contributed by atoms with Gasteiger partial charge in [-0.1, -0.05) is 0 Å². The Kier molecular flexibility index (Phi) is 3.60. The summed E-state index contributed by atoms with van der Waals surface area (Å²) in [6.07, 6.45) is 4.48. The summed E-state index contributed by atoms with van der Waals surface area (Å²) >= 11 is 0. The Morgan fingerprint density at radius 3 is 3.20 bits per heavy atom. The van der Waals surface area contributed by atoms with E-state index in [4.69, 9.17) is 0 Å². The summed E-state index contributed by atoms with van der Waals surface area (Å²) in [6.45, 7) is 1.88. The van der Waals surface area contributed by atoms with E-state index in [0.717, 1.165) is 30.4 Å². The highest BCUT2D eigenvalue weighted by molar-refractivity contribution is 5.91. The molecule has 1 aliphatic rings. The van der Waals surface area contributed by atoms with Crippen LogP contribution in [0, 0.1) is 5.82 Å². The van der Waals surface area contributed by atoms with Crippen molar-refractivity contribution in [2.45, 2.75) is 12.5 Å². The molecule has 20 heavy (non-hydrogen) atoms. The molecule has 1 aromatic heterocycles. The van der Waals surface area contributed by atoms with E-state index in [2.05, 4.69) is 10.3 Å². The van der Waals surface area contributed by atoms with Gasteiger partial charge in [0.05, 0.1) is 17.7 Å². The van der Waals surface area contributed by atoms with E-state index >= 15 is 0 Å². The van der Waals surface area contributed by atoms with Gasteiger partial charge in [-0.2, -0.15) is 0 Å². The quantitative estimate of drug-likeness (QED) is 0.924. The highest BCUT2D eigenvalue weighted by Gasteiger charge is 2.23. The first-order chi connectivity index (χ1) is 9.78. The molecule has 1 saturated heterocycles. The van der Waals surface area contributed by atoms with Gasteiger partial charge >= 0.3 is 0 Å². The van der Waals surface area contributed by atoms with Gasteiger partial charge in [0, 0.05) is 30.7 Å². The molecule has 0 spiro atoms. The molecule has 103 valence electrons. The molecule has 0 aliphatic carbocycles. The zero-order chi connectivity index (χ0) is 13.9. The Balaban J connectivity index is 1.84. The summed E-state index contributed by atoms with van der Waals surface area (Å²) in [4.78, 5) is 16.6. The monoisotopic (exact) mass is 272 g/mol. The molecule has 1 N–H and O–H groups in total. The number of hydrogen-bond acceptors (Lipinski definition) is 4. The number of hydrogen-bond donors (Lipinski definition) is 1. The fraction of sp³-hybridized carbons (Fsp3) is 0.333. The van der Waals surface area contributed by atoms with E-state index in [1.807, 2.05) is 17.3 Å². The Morgan fingerprint density at radius 1 is 1.45 bits per heavy atom. The summed E-state index contributed by atoms with van der Waals surface area (Å²) < 4.78 is 14.1. The molecule has 1 aliphatic heterocycles. The number of pyridine rings is 1. The van der Waals surface area contributed by atoms with Crippen LogP contribution in [0.2, 0.25) is 0 Å². The Morgan fingerprint density at radius 2 is 2.35 bits per heavy atom. The van der Waals surface area contributed by atoms with Gasteiger partial charge < -0.3 is 5.32 Å². The molecular formula is C15H15FN3O. The third-order valence-corrected chi connectivity index (χ3v) is 3.64. The van der Waals surface area contributed by atoms with Gasteiger partial charge in [-0.05, 0) is 30.7 Å². The van der Waals surface area contributed by atoms with Crippen LogP contribution in [-0.4, -0.2) is 41.8 Å². The predicted molar refractivity (Wildman–Crippen MR) is 75.9 cm³/mol. The Bertz CT molecular complexity index is 632. The number of nitrogens with zero attached hydrogens (tertiary/aromatic N) is 2. The highest BCUT2D eigenvalue weighted by Crippen LogP contribution is 2.27. The van der Waals surface area contributed by atoms with Gasteiger partial charge in [0.25, 0.3) is 0 Å². The number of fused-ring (bicyclic) bond motifs is 1. The molecule has 4 nitrogen and oxygen atoms in total. The van der Waals surface area contributed by atoms with E-state index < -0.39 is 0 Å². The number of likely N-dealkylation sites (tertiary alicyclic amines) is 1. The number of nitrogens with one attached hydrogen (secondary N) is 1. The first kappa shape index (κ1) is 13.0. The molecule has 1 fully saturated rings. The fourth-order valence-electron chi connectivity index (χ4n) is 2.66. The molecule has 5 heteroatoms. The highest BCUT2D eigenvalue weighted by atomic mass is 19.1. The number of benzene rings is 1. The van der Waals surface area contributed by atoms with E-state index in [-0.39, 0.29) is 11.9 Å². The average molecular weight is 272 g/mol. The van der Waals surface area contributed by atoms with Crippen LogP contribution in [0.3, 0.4) is 0 Å². The van der Waals surface area contributed by atoms with Crippen LogP contribution in [0.4, 0.5) is 10.1 Å². The Labute approximate surface area is 116 Å². The second-order valence-corrected chi connectivity index (χ2v) is 5.00. The van der Waals surface area contributed by atoms with Crippen LogP contribution in [0.5, 0.6) is 0 Å². The van der Waals surface area contributed by atoms with Gasteiger partial charge in [-0.25, -0.2) is 4.39 Å². The zero-order valence-corrected chi connectivity index (χ0v) is 11.0. The molecule has 0 bridgehead atoms. The minimum absolute atomic E-state index is 0.142. The lowest BCUT2D eigenvalue weighted by molar-refractivity contribution is 0.375. The maximum atomic E-state index is 14.1. The van der Waals surface area contributed by atoms with Crippen LogP contribution in [0.15, 0.2) is 30.5 Å². The summed E-state index contributed by atoms with van der Waals surface area (Å²) in [6, 6.07) is 6.92. The maximum absolute atomic E-state index is 14.1. The Hall–Kier alpha value is -2.01. The fourth-order valence-corrected chi connectivity index (χ4v) is 2.66. The van der Waals surface area contributed by atoms with Crippen molar-refractivity contribution in [3.63, 3.8) is 0 Å². The first-order valence-electron chi connectivity index (χ1n) is 6.65. The zero-order valence-electron chi connectivity index (χ0n) is 11.0. The van der Waals surface area contributed by atoms with Crippen molar-refractivity contribution in [2.75, 3.05) is 25.0 Å². The van der Waals surface area contributed by atoms with Crippen molar-refractivity contribution in [1.29, 1.82) is 0 Å². The van der Waals surface area contributed by atoms with E-state index in [1.54, 1.807) is 18.3 Å². The molecule has 0 saturated carbocycles. The number of aromatic nitrogens is 1. The van der Waals surface area contributed by atoms with Gasteiger partial charge in [-0.15, -0.1) is 0 Å². The van der Waals surface area contributed by atoms with E-state index in [1.165, 1.54) is 6.07 Å². The van der Waals surface area contributed by atoms with Crippen molar-refractivity contribution in [2.24, 2.45) is 0 Å². The van der Waals surface area contributed by atoms with Crippen molar-refractivity contribution >= 4 is 22.9 Å². The first-order valence-corrected chi connectivity index (χ1v) is 6.65. The van der Waals surface area contributed by atoms with Gasteiger partial charge in [-0.3, -0.25) is 14.7 Å². The van der Waals surface area contributed by atoms with Gasteiger partial charge in [0.1, 0.15) is 5.82 Å². The normalized spacial score (nSPS) is 19.4. The van der Waals surface area contributed by atoms with Crippen LogP contribution in [0.1, 0.15) is 6.42 Å². The summed E-state index contributed by atoms with van der Waals surface area (Å²) in [5.41, 5.74) is 1.27. The largest absolute Gasteiger partial charge is 0.378 e. The van der Waals surface area contributed by atoms with Crippen LogP contribution in [0.25, 0.3) is 10.9 Å². The molecule has 3 rings (SSSR count). The number of rotatable bonds is 4. The second-order valence-electron chi connectivity index (χ2n) is 5.00. The van der Waals surface area contributed by atoms with Gasteiger partial charge in [0.2, 0.25) is 6.29 Å². The van der Waals surface area contributed by atoms with Crippen molar-refractivity contribution in [1.82, 2.24) is 9.88 Å². The standard InChI is InChI=1S/C15H15FN3O/c16-13-3-4-14-12(2-1-6-17-14)15(13)18-11-5-7-19(10-11)8-9-20/h1-4,6,11,18H,5,7-8,10H2/t11-/m0/s1. The van der Waals surface area contributed by atoms with Gasteiger partial charge in [0.15, 0.2) is 0 Å². The molecule has 2 aromatic rings. The molecular weight excluding hydrogens is 257 g/mol. The minimum Gasteiger partial charge on any atom is -0.378 e. The third kappa shape index (κ3) is 2.49. The number of anilines is 1. The minimum atomic E-state index is -0.272. The topological polar surface area (TPSA) is 45.2 Å². The van der Waals surface area contributed by atoms with Crippen LogP contribution >= 0.6 is 0 Å². The summed E-state index contributed by atoms with van der Waals surface area (Å²) in [5.74, 6) is -0.272. The smallest absolute Gasteiger partial charge is 0.213 e. The van der Waals surface area contributed by atoms with Crippen LogP contribution in [-0.2, 0) is 4.79 Å². The third-order valence-electron chi connectivity index (χ3n) is 3.64. The van der Waals surface area contributed by atoms with E-state index in [9.17, 15) is 9.18 Å². The molecule has 1 aromatic carbocycles. The number of carbonyl (C=O) groups excluding carboxylic acids is 1. The summed E-state index contributed by atoms with van der Waals surface area (Å²) in [7, 11) is 0. The number of halogens is 1. The van der Waals surface area contributed by atoms with E-state index in [0.29, 0.717) is 12.2 Å². The predicted octanol–water partition coefficient (Wildman–Crippen LogP) is 1.97. The molecule has 2 heterocycles. The molecule has 0 amide bonds. The SMILES string of the molecule is O=[C]CN1CC[C@H](Nc2c(F)ccc3ncccc23)C1.